The van der Waals surface area contributed by atoms with Crippen LogP contribution in [0.2, 0.25) is 0 Å². The highest BCUT2D eigenvalue weighted by molar-refractivity contribution is 5.81. The fraction of sp³-hybridized carbons (Fsp3) is 0.743. The summed E-state index contributed by atoms with van der Waals surface area (Å²) in [5, 5.41) is 23.2. The zero-order valence-corrected chi connectivity index (χ0v) is 25.9. The molecule has 0 unspecified atom stereocenters. The van der Waals surface area contributed by atoms with E-state index in [0.29, 0.717) is 48.3 Å². The van der Waals surface area contributed by atoms with E-state index in [0.717, 1.165) is 57.8 Å². The van der Waals surface area contributed by atoms with Crippen LogP contribution in [0.15, 0.2) is 30.3 Å². The second kappa shape index (κ2) is 11.9. The molecule has 0 spiro atoms. The third kappa shape index (κ3) is 6.00. The third-order valence-corrected chi connectivity index (χ3v) is 12.5. The van der Waals surface area contributed by atoms with E-state index in [2.05, 4.69) is 38.2 Å². The summed E-state index contributed by atoms with van der Waals surface area (Å²) < 4.78 is 6.19. The predicted octanol–water partition coefficient (Wildman–Crippen LogP) is 5.78. The molecule has 0 heterocycles. The van der Waals surface area contributed by atoms with Gasteiger partial charge in [0.05, 0.1) is 5.60 Å². The van der Waals surface area contributed by atoms with Gasteiger partial charge in [-0.2, -0.15) is 0 Å². The number of carboxylic acid groups (broad SMARTS) is 1. The van der Waals surface area contributed by atoms with Crippen LogP contribution in [0.5, 0.6) is 0 Å². The second-order valence-electron chi connectivity index (χ2n) is 14.9. The molecule has 4 fully saturated rings. The van der Waals surface area contributed by atoms with Gasteiger partial charge in [-0.05, 0) is 104 Å². The SMILES string of the molecule is CC(=O)O[C@@H]1C[C@@H]2C[C@@](O)(Cc3ccccc3)CC[C@]2(C)[C@H]2CC[C@]3(C)[C@@H]([C@H](C)CCC(=O)NCC(=O)O)CC[C@H]3[C@H]12. The molecular weight excluding hydrogens is 530 g/mol. The molecule has 7 heteroatoms. The second-order valence-corrected chi connectivity index (χ2v) is 14.9. The normalized spacial score (nSPS) is 39.7. The van der Waals surface area contributed by atoms with Gasteiger partial charge in [-0.15, -0.1) is 0 Å². The minimum absolute atomic E-state index is 0.120. The highest BCUT2D eigenvalue weighted by Gasteiger charge is 2.64. The third-order valence-electron chi connectivity index (χ3n) is 12.5. The fourth-order valence-corrected chi connectivity index (χ4v) is 10.5. The number of benzene rings is 1. The molecule has 0 radical (unpaired) electrons. The van der Waals surface area contributed by atoms with Gasteiger partial charge in [-0.3, -0.25) is 14.4 Å². The Morgan fingerprint density at radius 3 is 2.43 bits per heavy atom. The molecule has 0 aliphatic heterocycles. The van der Waals surface area contributed by atoms with Crippen molar-refractivity contribution in [1.82, 2.24) is 5.32 Å². The van der Waals surface area contributed by atoms with Crippen molar-refractivity contribution in [3.8, 4) is 0 Å². The minimum atomic E-state index is -1.02. The maximum atomic E-state index is 12.4. The molecule has 1 aromatic rings. The van der Waals surface area contributed by atoms with E-state index in [9.17, 15) is 19.5 Å². The Balaban J connectivity index is 1.33. The number of carboxylic acids is 1. The smallest absolute Gasteiger partial charge is 0.322 e. The van der Waals surface area contributed by atoms with Crippen LogP contribution >= 0.6 is 0 Å². The Labute approximate surface area is 251 Å². The highest BCUT2D eigenvalue weighted by Crippen LogP contribution is 2.69. The molecule has 42 heavy (non-hydrogen) atoms. The lowest BCUT2D eigenvalue weighted by Crippen LogP contribution is -2.61. The molecule has 1 amide bonds. The van der Waals surface area contributed by atoms with Crippen molar-refractivity contribution < 1.29 is 29.3 Å². The quantitative estimate of drug-likeness (QED) is 0.319. The summed E-state index contributed by atoms with van der Waals surface area (Å²) in [4.78, 5) is 35.5. The average molecular weight is 582 g/mol. The van der Waals surface area contributed by atoms with E-state index in [1.54, 1.807) is 0 Å². The molecule has 232 valence electrons. The number of hydrogen-bond donors (Lipinski definition) is 3. The van der Waals surface area contributed by atoms with E-state index in [4.69, 9.17) is 9.84 Å². The summed E-state index contributed by atoms with van der Waals surface area (Å²) in [6, 6.07) is 10.3. The van der Waals surface area contributed by atoms with Gasteiger partial charge in [0.15, 0.2) is 0 Å². The van der Waals surface area contributed by atoms with Crippen molar-refractivity contribution in [2.45, 2.75) is 110 Å². The number of amides is 1. The number of aliphatic carboxylic acids is 1. The summed E-state index contributed by atoms with van der Waals surface area (Å²) in [5.41, 5.74) is 0.695. The molecule has 4 aliphatic carbocycles. The van der Waals surface area contributed by atoms with Gasteiger partial charge in [0.25, 0.3) is 0 Å². The lowest BCUT2D eigenvalue weighted by molar-refractivity contribution is -0.202. The monoisotopic (exact) mass is 581 g/mol. The fourth-order valence-electron chi connectivity index (χ4n) is 10.5. The molecule has 0 aromatic heterocycles. The summed E-state index contributed by atoms with van der Waals surface area (Å²) >= 11 is 0. The molecular formula is C35H51NO6. The van der Waals surface area contributed by atoms with Crippen molar-refractivity contribution in [3.05, 3.63) is 35.9 Å². The van der Waals surface area contributed by atoms with Crippen LogP contribution in [0.3, 0.4) is 0 Å². The summed E-state index contributed by atoms with van der Waals surface area (Å²) in [5.74, 6) is 0.992. The van der Waals surface area contributed by atoms with E-state index in [1.165, 1.54) is 12.5 Å². The van der Waals surface area contributed by atoms with E-state index in [-0.39, 0.29) is 35.4 Å². The summed E-state index contributed by atoms with van der Waals surface area (Å²) in [7, 11) is 0. The number of ether oxygens (including phenoxy) is 1. The van der Waals surface area contributed by atoms with Crippen molar-refractivity contribution in [2.24, 2.45) is 46.3 Å². The zero-order valence-electron chi connectivity index (χ0n) is 25.9. The molecule has 4 aliphatic rings. The largest absolute Gasteiger partial charge is 0.480 e. The Kier molecular flexibility index (Phi) is 8.82. The van der Waals surface area contributed by atoms with Crippen LogP contribution in [0, 0.1) is 46.3 Å². The van der Waals surface area contributed by atoms with Crippen LogP contribution in [0.1, 0.15) is 97.5 Å². The van der Waals surface area contributed by atoms with Crippen LogP contribution in [-0.2, 0) is 25.5 Å². The number of nitrogens with one attached hydrogen (secondary N) is 1. The van der Waals surface area contributed by atoms with Crippen molar-refractivity contribution in [1.29, 1.82) is 0 Å². The van der Waals surface area contributed by atoms with Gasteiger partial charge in [0.2, 0.25) is 5.91 Å². The molecule has 7 nitrogen and oxygen atoms in total. The molecule has 0 saturated heterocycles. The maximum absolute atomic E-state index is 12.4. The van der Waals surface area contributed by atoms with E-state index >= 15 is 0 Å². The van der Waals surface area contributed by atoms with Crippen molar-refractivity contribution >= 4 is 17.8 Å². The average Bonchev–Trinajstić information content (AvgIpc) is 3.29. The molecule has 4 saturated carbocycles. The molecule has 1 aromatic carbocycles. The van der Waals surface area contributed by atoms with Gasteiger partial charge in [0.1, 0.15) is 12.6 Å². The van der Waals surface area contributed by atoms with Crippen LogP contribution in [0.25, 0.3) is 0 Å². The lowest BCUT2D eigenvalue weighted by Gasteiger charge is -2.63. The van der Waals surface area contributed by atoms with E-state index in [1.807, 2.05) is 18.2 Å². The van der Waals surface area contributed by atoms with Crippen LogP contribution in [0.4, 0.5) is 0 Å². The van der Waals surface area contributed by atoms with E-state index < -0.39 is 11.6 Å². The molecule has 5 rings (SSSR count). The van der Waals surface area contributed by atoms with Crippen molar-refractivity contribution in [2.75, 3.05) is 6.54 Å². The van der Waals surface area contributed by atoms with Gasteiger partial charge < -0.3 is 20.3 Å². The minimum Gasteiger partial charge on any atom is -0.480 e. The van der Waals surface area contributed by atoms with Gasteiger partial charge >= 0.3 is 11.9 Å². The van der Waals surface area contributed by atoms with Gasteiger partial charge in [0, 0.05) is 25.7 Å². The van der Waals surface area contributed by atoms with Gasteiger partial charge in [-0.1, -0.05) is 51.1 Å². The molecule has 10 atom stereocenters. The van der Waals surface area contributed by atoms with Crippen molar-refractivity contribution in [3.63, 3.8) is 0 Å². The predicted molar refractivity (Wildman–Crippen MR) is 160 cm³/mol. The Morgan fingerprint density at radius 1 is 1.02 bits per heavy atom. The van der Waals surface area contributed by atoms with Crippen LogP contribution in [-0.4, -0.2) is 46.3 Å². The first-order valence-corrected chi connectivity index (χ1v) is 16.3. The number of hydrogen-bond acceptors (Lipinski definition) is 5. The van der Waals surface area contributed by atoms with Crippen LogP contribution < -0.4 is 5.32 Å². The topological polar surface area (TPSA) is 113 Å². The molecule has 0 bridgehead atoms. The number of carbonyl (C=O) groups excluding carboxylic acids is 2. The molecule has 3 N–H and O–H groups in total. The highest BCUT2D eigenvalue weighted by atomic mass is 16.5. The Morgan fingerprint density at radius 2 is 1.74 bits per heavy atom. The number of carbonyl (C=O) groups is 3. The number of rotatable bonds is 9. The number of esters is 1. The summed E-state index contributed by atoms with van der Waals surface area (Å²) in [6.45, 7) is 8.37. The summed E-state index contributed by atoms with van der Waals surface area (Å²) in [6.07, 6.45) is 9.53. The number of aliphatic hydroxyl groups is 1. The first-order valence-electron chi connectivity index (χ1n) is 16.3. The standard InChI is InChI=1S/C35H51NO6/c1-22(10-13-30(38)36-21-31(39)40)26-11-12-27-32-28(14-15-34(26,27)4)33(3)16-17-35(41,19-24-8-6-5-7-9-24)20-25(33)18-29(32)42-23(2)37/h5-9,22,25-29,32,41H,10-21H2,1-4H3,(H,36,38)(H,39,40)/t22-,25-,26-,27+,28+,29-,32+,33+,34-,35+/m1/s1. The first-order chi connectivity index (χ1) is 19.8. The maximum Gasteiger partial charge on any atom is 0.322 e. The number of fused-ring (bicyclic) bond motifs is 5. The first kappa shape index (κ1) is 31.0. The Hall–Kier alpha value is -2.41. The van der Waals surface area contributed by atoms with Gasteiger partial charge in [-0.25, -0.2) is 0 Å². The lowest BCUT2D eigenvalue weighted by atomic mass is 9.42. The zero-order chi connectivity index (χ0) is 30.3. The Bertz CT molecular complexity index is 1160.